The molecule has 0 spiro atoms. The Labute approximate surface area is 109 Å². The van der Waals surface area contributed by atoms with E-state index in [0.717, 1.165) is 11.3 Å². The zero-order valence-electron chi connectivity index (χ0n) is 9.82. The summed E-state index contributed by atoms with van der Waals surface area (Å²) in [6.07, 6.45) is 0. The van der Waals surface area contributed by atoms with E-state index in [-0.39, 0.29) is 11.1 Å². The molecule has 2 heterocycles. The number of hydrogen-bond acceptors (Lipinski definition) is 4. The molecular formula is C12H14N2OS2. The van der Waals surface area contributed by atoms with E-state index >= 15 is 0 Å². The van der Waals surface area contributed by atoms with Gasteiger partial charge in [0.25, 0.3) is 5.56 Å². The summed E-state index contributed by atoms with van der Waals surface area (Å²) >= 11 is 3.92. The Bertz CT molecular complexity index is 512. The van der Waals surface area contributed by atoms with Gasteiger partial charge in [-0.05, 0) is 18.6 Å². The van der Waals surface area contributed by atoms with Gasteiger partial charge >= 0.3 is 0 Å². The minimum Gasteiger partial charge on any atom is -0.325 e. The van der Waals surface area contributed by atoms with Gasteiger partial charge in [-0.2, -0.15) is 5.26 Å². The van der Waals surface area contributed by atoms with Crippen molar-refractivity contribution in [3.8, 4) is 6.07 Å². The Morgan fingerprint density at radius 3 is 2.76 bits per heavy atom. The third-order valence-corrected chi connectivity index (χ3v) is 6.37. The van der Waals surface area contributed by atoms with E-state index in [0.29, 0.717) is 10.5 Å². The van der Waals surface area contributed by atoms with Gasteiger partial charge in [-0.3, -0.25) is 4.79 Å². The van der Waals surface area contributed by atoms with Crippen LogP contribution in [0.2, 0.25) is 0 Å². The molecule has 1 fully saturated rings. The molecule has 1 aromatic heterocycles. The quantitative estimate of drug-likeness (QED) is 0.893. The van der Waals surface area contributed by atoms with Gasteiger partial charge in [0, 0.05) is 23.1 Å². The van der Waals surface area contributed by atoms with Gasteiger partial charge in [0.1, 0.15) is 11.6 Å². The summed E-state index contributed by atoms with van der Waals surface area (Å²) in [6, 6.07) is 3.70. The van der Waals surface area contributed by atoms with E-state index in [9.17, 15) is 4.79 Å². The smallest absolute Gasteiger partial charge is 0.266 e. The summed E-state index contributed by atoms with van der Waals surface area (Å²) < 4.78 is 0.533. The van der Waals surface area contributed by atoms with Gasteiger partial charge in [0.2, 0.25) is 0 Å². The van der Waals surface area contributed by atoms with Gasteiger partial charge in [-0.1, -0.05) is 6.92 Å². The first-order valence-electron chi connectivity index (χ1n) is 5.50. The third kappa shape index (κ3) is 2.53. The number of aryl methyl sites for hydroxylation is 1. The highest BCUT2D eigenvalue weighted by Gasteiger charge is 2.25. The topological polar surface area (TPSA) is 56.6 Å². The first kappa shape index (κ1) is 12.6. The molecule has 1 aliphatic heterocycles. The fraction of sp³-hybridized carbons (Fsp3) is 0.500. The molecule has 2 rings (SSSR count). The Morgan fingerprint density at radius 1 is 1.53 bits per heavy atom. The monoisotopic (exact) mass is 266 g/mol. The van der Waals surface area contributed by atoms with Crippen LogP contribution in [0.3, 0.4) is 0 Å². The first-order chi connectivity index (χ1) is 8.13. The zero-order valence-corrected chi connectivity index (χ0v) is 11.5. The Balaban J connectivity index is 2.37. The molecule has 90 valence electrons. The lowest BCUT2D eigenvalue weighted by Gasteiger charge is -2.19. The molecule has 1 unspecified atom stereocenters. The van der Waals surface area contributed by atoms with Crippen LogP contribution in [-0.4, -0.2) is 21.1 Å². The van der Waals surface area contributed by atoms with Gasteiger partial charge < -0.3 is 4.98 Å². The summed E-state index contributed by atoms with van der Waals surface area (Å²) in [5.41, 5.74) is 1.90. The van der Waals surface area contributed by atoms with Gasteiger partial charge in [0.05, 0.1) is 4.58 Å². The van der Waals surface area contributed by atoms with Crippen molar-refractivity contribution in [2.45, 2.75) is 24.3 Å². The Kier molecular flexibility index (Phi) is 3.85. The lowest BCUT2D eigenvalue weighted by atomic mass is 10.00. The lowest BCUT2D eigenvalue weighted by Crippen LogP contribution is -2.17. The number of aromatic amines is 1. The predicted molar refractivity (Wildman–Crippen MR) is 73.6 cm³/mol. The van der Waals surface area contributed by atoms with Crippen molar-refractivity contribution in [3.63, 3.8) is 0 Å². The SMILES string of the molecule is Cc1[nH]c(=O)c(C#N)cc1C(C)C1SCCS1. The summed E-state index contributed by atoms with van der Waals surface area (Å²) in [6.45, 7) is 4.07. The Hall–Kier alpha value is -0.860. The van der Waals surface area contributed by atoms with Crippen molar-refractivity contribution in [2.75, 3.05) is 11.5 Å². The molecule has 17 heavy (non-hydrogen) atoms. The molecule has 1 aliphatic rings. The second-order valence-corrected chi connectivity index (χ2v) is 6.90. The number of thioether (sulfide) groups is 2. The maximum atomic E-state index is 11.5. The maximum absolute atomic E-state index is 11.5. The van der Waals surface area contributed by atoms with Gasteiger partial charge in [-0.15, -0.1) is 23.5 Å². The van der Waals surface area contributed by atoms with Gasteiger partial charge in [-0.25, -0.2) is 0 Å². The zero-order chi connectivity index (χ0) is 12.4. The van der Waals surface area contributed by atoms with Crippen molar-refractivity contribution >= 4 is 23.5 Å². The highest BCUT2D eigenvalue weighted by atomic mass is 32.2. The average molecular weight is 266 g/mol. The van der Waals surface area contributed by atoms with Crippen molar-refractivity contribution in [2.24, 2.45) is 0 Å². The summed E-state index contributed by atoms with van der Waals surface area (Å²) in [5.74, 6) is 2.73. The first-order valence-corrected chi connectivity index (χ1v) is 7.60. The molecule has 0 radical (unpaired) electrons. The molecule has 1 atom stereocenters. The van der Waals surface area contributed by atoms with E-state index in [1.54, 1.807) is 6.07 Å². The van der Waals surface area contributed by atoms with Crippen LogP contribution in [0, 0.1) is 18.3 Å². The fourth-order valence-electron chi connectivity index (χ4n) is 2.01. The maximum Gasteiger partial charge on any atom is 0.266 e. The van der Waals surface area contributed by atoms with Crippen molar-refractivity contribution in [1.29, 1.82) is 5.26 Å². The largest absolute Gasteiger partial charge is 0.325 e. The summed E-state index contributed by atoms with van der Waals surface area (Å²) in [4.78, 5) is 14.2. The van der Waals surface area contributed by atoms with Crippen LogP contribution in [0.25, 0.3) is 0 Å². The van der Waals surface area contributed by atoms with E-state index in [4.69, 9.17) is 5.26 Å². The molecule has 0 amide bonds. The van der Waals surface area contributed by atoms with Crippen LogP contribution >= 0.6 is 23.5 Å². The standard InChI is InChI=1S/C12H14N2OS2/c1-7(12-16-3-4-17-12)10-5-9(6-13)11(15)14-8(10)2/h5,7,12H,3-4H2,1-2H3,(H,14,15). The van der Waals surface area contributed by atoms with E-state index in [1.165, 1.54) is 11.5 Å². The molecule has 0 aromatic carbocycles. The predicted octanol–water partition coefficient (Wildman–Crippen LogP) is 2.46. The van der Waals surface area contributed by atoms with E-state index < -0.39 is 0 Å². The molecule has 0 aliphatic carbocycles. The molecule has 0 bridgehead atoms. The second kappa shape index (κ2) is 5.19. The van der Waals surface area contributed by atoms with Crippen molar-refractivity contribution in [1.82, 2.24) is 4.98 Å². The van der Waals surface area contributed by atoms with Crippen LogP contribution in [0.4, 0.5) is 0 Å². The van der Waals surface area contributed by atoms with Crippen LogP contribution in [0.1, 0.15) is 29.7 Å². The number of pyridine rings is 1. The van der Waals surface area contributed by atoms with Crippen LogP contribution < -0.4 is 5.56 Å². The number of nitrogens with zero attached hydrogens (tertiary/aromatic N) is 1. The number of nitrogens with one attached hydrogen (secondary N) is 1. The third-order valence-electron chi connectivity index (χ3n) is 2.95. The second-order valence-electron chi connectivity index (χ2n) is 4.10. The molecule has 0 saturated carbocycles. The van der Waals surface area contributed by atoms with Crippen LogP contribution in [-0.2, 0) is 0 Å². The normalized spacial score (nSPS) is 17.9. The fourth-order valence-corrected chi connectivity index (χ4v) is 5.07. The molecule has 1 N–H and O–H groups in total. The molecule has 3 nitrogen and oxygen atoms in total. The number of H-pyrrole nitrogens is 1. The van der Waals surface area contributed by atoms with E-state index in [1.807, 2.05) is 36.5 Å². The highest BCUT2D eigenvalue weighted by Crippen LogP contribution is 2.42. The van der Waals surface area contributed by atoms with Crippen LogP contribution in [0.5, 0.6) is 0 Å². The molecular weight excluding hydrogens is 252 g/mol. The summed E-state index contributed by atoms with van der Waals surface area (Å²) in [5, 5.41) is 8.90. The Morgan fingerprint density at radius 2 is 2.18 bits per heavy atom. The minimum absolute atomic E-state index is 0.213. The molecule has 5 heteroatoms. The highest BCUT2D eigenvalue weighted by molar-refractivity contribution is 8.20. The number of nitriles is 1. The average Bonchev–Trinajstić information content (AvgIpc) is 2.82. The molecule has 1 saturated heterocycles. The minimum atomic E-state index is -0.285. The van der Waals surface area contributed by atoms with E-state index in [2.05, 4.69) is 11.9 Å². The number of hydrogen-bond donors (Lipinski definition) is 1. The number of aromatic nitrogens is 1. The van der Waals surface area contributed by atoms with Gasteiger partial charge in [0.15, 0.2) is 0 Å². The number of rotatable bonds is 2. The molecule has 1 aromatic rings. The van der Waals surface area contributed by atoms with Crippen molar-refractivity contribution in [3.05, 3.63) is 33.2 Å². The summed E-state index contributed by atoms with van der Waals surface area (Å²) in [7, 11) is 0. The lowest BCUT2D eigenvalue weighted by molar-refractivity contribution is 0.824. The van der Waals surface area contributed by atoms with Crippen LogP contribution in [0.15, 0.2) is 10.9 Å². The van der Waals surface area contributed by atoms with Crippen molar-refractivity contribution < 1.29 is 0 Å².